The third-order valence-corrected chi connectivity index (χ3v) is 6.94. The second kappa shape index (κ2) is 6.59. The molecule has 0 aliphatic carbocycles. The smallest absolute Gasteiger partial charge is 0.243 e. The lowest BCUT2D eigenvalue weighted by molar-refractivity contribution is 0.356. The van der Waals surface area contributed by atoms with Crippen LogP contribution in [0.2, 0.25) is 0 Å². The summed E-state index contributed by atoms with van der Waals surface area (Å²) in [6, 6.07) is 9.03. The standard InChI is InChI=1S/C17H18BrN3O3S/c18-14-1-4-17(19-12-14)20-6-8-21(9-7-20)25(22,23)15-2-3-16-13(11-15)5-10-24-16/h1-4,11-12H,5-10H2. The Hall–Kier alpha value is -1.64. The maximum atomic E-state index is 12.9. The third kappa shape index (κ3) is 3.26. The number of rotatable bonds is 3. The molecule has 6 nitrogen and oxygen atoms in total. The lowest BCUT2D eigenvalue weighted by Crippen LogP contribution is -2.48. The van der Waals surface area contributed by atoms with Crippen molar-refractivity contribution in [2.45, 2.75) is 11.3 Å². The summed E-state index contributed by atoms with van der Waals surface area (Å²) in [4.78, 5) is 6.84. The quantitative estimate of drug-likeness (QED) is 0.757. The Morgan fingerprint density at radius 1 is 1.08 bits per heavy atom. The summed E-state index contributed by atoms with van der Waals surface area (Å²) >= 11 is 3.37. The van der Waals surface area contributed by atoms with Crippen molar-refractivity contribution >= 4 is 31.8 Å². The van der Waals surface area contributed by atoms with Crippen LogP contribution in [-0.4, -0.2) is 50.5 Å². The van der Waals surface area contributed by atoms with Gasteiger partial charge in [0.15, 0.2) is 0 Å². The van der Waals surface area contributed by atoms with Gasteiger partial charge in [-0.05, 0) is 51.8 Å². The third-order valence-electron chi connectivity index (χ3n) is 4.57. The zero-order valence-corrected chi connectivity index (χ0v) is 16.0. The van der Waals surface area contributed by atoms with E-state index < -0.39 is 10.0 Å². The molecule has 1 aromatic carbocycles. The Labute approximate surface area is 155 Å². The number of hydrogen-bond acceptors (Lipinski definition) is 5. The Morgan fingerprint density at radius 3 is 2.60 bits per heavy atom. The first-order valence-electron chi connectivity index (χ1n) is 8.16. The molecule has 132 valence electrons. The Bertz CT molecular complexity index is 879. The lowest BCUT2D eigenvalue weighted by Gasteiger charge is -2.34. The van der Waals surface area contributed by atoms with E-state index in [-0.39, 0.29) is 0 Å². The SMILES string of the molecule is O=S(=O)(c1ccc2c(c1)CCO2)N1CCN(c2ccc(Br)cn2)CC1. The van der Waals surface area contributed by atoms with Crippen LogP contribution in [-0.2, 0) is 16.4 Å². The topological polar surface area (TPSA) is 62.7 Å². The molecule has 4 rings (SSSR count). The molecule has 2 aliphatic rings. The Kier molecular flexibility index (Phi) is 4.43. The average Bonchev–Trinajstić information content (AvgIpc) is 3.10. The predicted molar refractivity (Wildman–Crippen MR) is 98.5 cm³/mol. The molecule has 0 amide bonds. The zero-order chi connectivity index (χ0) is 17.4. The molecule has 0 bridgehead atoms. The van der Waals surface area contributed by atoms with Crippen molar-refractivity contribution in [1.29, 1.82) is 0 Å². The molecule has 0 saturated carbocycles. The van der Waals surface area contributed by atoms with Gasteiger partial charge in [0.1, 0.15) is 11.6 Å². The van der Waals surface area contributed by atoms with Gasteiger partial charge in [0.2, 0.25) is 10.0 Å². The van der Waals surface area contributed by atoms with Crippen LogP contribution in [0.4, 0.5) is 5.82 Å². The van der Waals surface area contributed by atoms with Crippen molar-refractivity contribution in [2.75, 3.05) is 37.7 Å². The number of benzene rings is 1. The van der Waals surface area contributed by atoms with Crippen LogP contribution in [0.1, 0.15) is 5.56 Å². The van der Waals surface area contributed by atoms with Gasteiger partial charge in [-0.3, -0.25) is 0 Å². The van der Waals surface area contributed by atoms with Gasteiger partial charge in [-0.15, -0.1) is 0 Å². The number of hydrogen-bond donors (Lipinski definition) is 0. The summed E-state index contributed by atoms with van der Waals surface area (Å²) in [5.41, 5.74) is 0.971. The first-order valence-corrected chi connectivity index (χ1v) is 10.4. The monoisotopic (exact) mass is 423 g/mol. The molecule has 1 fully saturated rings. The van der Waals surface area contributed by atoms with Crippen molar-refractivity contribution in [3.05, 3.63) is 46.6 Å². The van der Waals surface area contributed by atoms with Crippen LogP contribution < -0.4 is 9.64 Å². The molecule has 0 radical (unpaired) electrons. The van der Waals surface area contributed by atoms with E-state index in [4.69, 9.17) is 4.74 Å². The van der Waals surface area contributed by atoms with Crippen LogP contribution in [0.5, 0.6) is 5.75 Å². The van der Waals surface area contributed by atoms with E-state index in [0.717, 1.165) is 28.0 Å². The summed E-state index contributed by atoms with van der Waals surface area (Å²) in [6.45, 7) is 2.78. The van der Waals surface area contributed by atoms with E-state index in [1.165, 1.54) is 0 Å². The summed E-state index contributed by atoms with van der Waals surface area (Å²) in [7, 11) is -3.47. The minimum atomic E-state index is -3.47. The van der Waals surface area contributed by atoms with Crippen molar-refractivity contribution < 1.29 is 13.2 Å². The highest BCUT2D eigenvalue weighted by Crippen LogP contribution is 2.29. The second-order valence-corrected chi connectivity index (χ2v) is 8.95. The molecule has 1 saturated heterocycles. The molecule has 0 spiro atoms. The normalized spacial score (nSPS) is 18.0. The minimum Gasteiger partial charge on any atom is -0.493 e. The summed E-state index contributed by atoms with van der Waals surface area (Å²) in [6.07, 6.45) is 2.52. The van der Waals surface area contributed by atoms with Gasteiger partial charge in [0, 0.05) is 43.3 Å². The molecular formula is C17H18BrN3O3S. The van der Waals surface area contributed by atoms with Gasteiger partial charge in [0.05, 0.1) is 11.5 Å². The van der Waals surface area contributed by atoms with Gasteiger partial charge < -0.3 is 9.64 Å². The van der Waals surface area contributed by atoms with Crippen LogP contribution >= 0.6 is 15.9 Å². The second-order valence-electron chi connectivity index (χ2n) is 6.09. The molecule has 0 N–H and O–H groups in total. The molecule has 0 unspecified atom stereocenters. The summed E-state index contributed by atoms with van der Waals surface area (Å²) < 4.78 is 33.8. The number of halogens is 1. The molecular weight excluding hydrogens is 406 g/mol. The van der Waals surface area contributed by atoms with Gasteiger partial charge in [0.25, 0.3) is 0 Å². The molecule has 8 heteroatoms. The van der Waals surface area contributed by atoms with E-state index in [2.05, 4.69) is 25.8 Å². The van der Waals surface area contributed by atoms with Crippen LogP contribution in [0.3, 0.4) is 0 Å². The lowest BCUT2D eigenvalue weighted by atomic mass is 10.2. The highest BCUT2D eigenvalue weighted by Gasteiger charge is 2.30. The van der Waals surface area contributed by atoms with Crippen LogP contribution in [0.25, 0.3) is 0 Å². The van der Waals surface area contributed by atoms with E-state index >= 15 is 0 Å². The molecule has 1 aromatic heterocycles. The van der Waals surface area contributed by atoms with Crippen LogP contribution in [0.15, 0.2) is 45.9 Å². The van der Waals surface area contributed by atoms with Crippen molar-refractivity contribution in [1.82, 2.24) is 9.29 Å². The fourth-order valence-electron chi connectivity index (χ4n) is 3.19. The highest BCUT2D eigenvalue weighted by molar-refractivity contribution is 9.10. The number of anilines is 1. The zero-order valence-electron chi connectivity index (χ0n) is 13.6. The van der Waals surface area contributed by atoms with Crippen molar-refractivity contribution in [3.8, 4) is 5.75 Å². The number of aromatic nitrogens is 1. The fourth-order valence-corrected chi connectivity index (χ4v) is 4.89. The highest BCUT2D eigenvalue weighted by atomic mass is 79.9. The molecule has 3 heterocycles. The van der Waals surface area contributed by atoms with Gasteiger partial charge in [-0.25, -0.2) is 13.4 Å². The molecule has 2 aliphatic heterocycles. The average molecular weight is 424 g/mol. The maximum Gasteiger partial charge on any atom is 0.243 e. The number of piperazine rings is 1. The molecule has 2 aromatic rings. The predicted octanol–water partition coefficient (Wildman–Crippen LogP) is 2.29. The number of pyridine rings is 1. The fraction of sp³-hybridized carbons (Fsp3) is 0.353. The number of nitrogens with zero attached hydrogens (tertiary/aromatic N) is 3. The number of ether oxygens (including phenoxy) is 1. The first kappa shape index (κ1) is 16.8. The van der Waals surface area contributed by atoms with E-state index in [0.29, 0.717) is 37.7 Å². The largest absolute Gasteiger partial charge is 0.493 e. The molecule has 0 atom stereocenters. The molecule has 25 heavy (non-hydrogen) atoms. The summed E-state index contributed by atoms with van der Waals surface area (Å²) in [5.74, 6) is 1.67. The Morgan fingerprint density at radius 2 is 1.88 bits per heavy atom. The van der Waals surface area contributed by atoms with Crippen LogP contribution in [0, 0.1) is 0 Å². The van der Waals surface area contributed by atoms with Gasteiger partial charge >= 0.3 is 0 Å². The first-order chi connectivity index (χ1) is 12.0. The number of fused-ring (bicyclic) bond motifs is 1. The van der Waals surface area contributed by atoms with Gasteiger partial charge in [-0.1, -0.05) is 0 Å². The van der Waals surface area contributed by atoms with E-state index in [1.807, 2.05) is 12.1 Å². The number of sulfonamides is 1. The van der Waals surface area contributed by atoms with Crippen molar-refractivity contribution in [2.24, 2.45) is 0 Å². The maximum absolute atomic E-state index is 12.9. The van der Waals surface area contributed by atoms with E-state index in [1.54, 1.807) is 28.7 Å². The minimum absolute atomic E-state index is 0.354. The van der Waals surface area contributed by atoms with E-state index in [9.17, 15) is 8.42 Å². The van der Waals surface area contributed by atoms with Gasteiger partial charge in [-0.2, -0.15) is 4.31 Å². The summed E-state index contributed by atoms with van der Waals surface area (Å²) in [5, 5.41) is 0. The van der Waals surface area contributed by atoms with Crippen molar-refractivity contribution in [3.63, 3.8) is 0 Å². The Balaban J connectivity index is 1.48.